The number of aliphatic hydroxyl groups excluding tert-OH is 1. The quantitative estimate of drug-likeness (QED) is 0.664. The summed E-state index contributed by atoms with van der Waals surface area (Å²) in [5.41, 5.74) is 0.628. The van der Waals surface area contributed by atoms with Crippen molar-refractivity contribution in [2.75, 3.05) is 24.6 Å². The third-order valence-electron chi connectivity index (χ3n) is 3.11. The topological polar surface area (TPSA) is 75.8 Å². The lowest BCUT2D eigenvalue weighted by atomic mass is 10.0. The molecule has 1 aromatic rings. The number of aliphatic hydroxyl groups is 1. The fourth-order valence-corrected chi connectivity index (χ4v) is 2.37. The number of ether oxygens (including phenoxy) is 1. The van der Waals surface area contributed by atoms with Gasteiger partial charge in [-0.05, 0) is 26.0 Å². The highest BCUT2D eigenvalue weighted by atomic mass is 16.6. The first kappa shape index (κ1) is 13.8. The summed E-state index contributed by atoms with van der Waals surface area (Å²) in [4.78, 5) is 12.3. The molecule has 1 aromatic carbocycles. The smallest absolute Gasteiger partial charge is 0.269 e. The number of hydrogen-bond donors (Lipinski definition) is 1. The van der Waals surface area contributed by atoms with Gasteiger partial charge in [-0.25, -0.2) is 0 Å². The zero-order chi connectivity index (χ0) is 14.0. The molecule has 1 saturated heterocycles. The molecule has 1 heterocycles. The molecule has 1 aliphatic rings. The van der Waals surface area contributed by atoms with E-state index in [0.29, 0.717) is 13.1 Å². The lowest BCUT2D eigenvalue weighted by Gasteiger charge is -2.43. The largest absolute Gasteiger partial charge is 0.394 e. The molecule has 0 radical (unpaired) electrons. The summed E-state index contributed by atoms with van der Waals surface area (Å²) in [6, 6.07) is 6.44. The number of benzene rings is 1. The van der Waals surface area contributed by atoms with Crippen LogP contribution < -0.4 is 4.90 Å². The molecule has 19 heavy (non-hydrogen) atoms. The Morgan fingerprint density at radius 3 is 2.63 bits per heavy atom. The van der Waals surface area contributed by atoms with Crippen molar-refractivity contribution in [2.45, 2.75) is 25.6 Å². The number of rotatable bonds is 3. The molecule has 6 heteroatoms. The Hall–Kier alpha value is -1.66. The van der Waals surface area contributed by atoms with E-state index >= 15 is 0 Å². The van der Waals surface area contributed by atoms with Crippen molar-refractivity contribution < 1.29 is 14.8 Å². The van der Waals surface area contributed by atoms with E-state index in [1.165, 1.54) is 12.1 Å². The first-order valence-corrected chi connectivity index (χ1v) is 6.19. The minimum absolute atomic E-state index is 0.0348. The normalized spacial score (nSPS) is 22.3. The first-order valence-electron chi connectivity index (χ1n) is 6.19. The van der Waals surface area contributed by atoms with Gasteiger partial charge in [0.25, 0.3) is 5.69 Å². The zero-order valence-electron chi connectivity index (χ0n) is 11.1. The first-order chi connectivity index (χ1) is 8.91. The van der Waals surface area contributed by atoms with E-state index in [2.05, 4.69) is 4.90 Å². The fraction of sp³-hybridized carbons (Fsp3) is 0.538. The Balaban J connectivity index is 2.18. The molecule has 1 aliphatic heterocycles. The maximum absolute atomic E-state index is 10.6. The molecular formula is C13H18N2O4. The monoisotopic (exact) mass is 266 g/mol. The van der Waals surface area contributed by atoms with Gasteiger partial charge in [0.1, 0.15) is 0 Å². The molecule has 104 valence electrons. The van der Waals surface area contributed by atoms with Crippen LogP contribution in [0.3, 0.4) is 0 Å². The van der Waals surface area contributed by atoms with Gasteiger partial charge in [-0.2, -0.15) is 0 Å². The van der Waals surface area contributed by atoms with Gasteiger partial charge in [0.2, 0.25) is 0 Å². The van der Waals surface area contributed by atoms with E-state index in [1.807, 2.05) is 13.8 Å². The van der Waals surface area contributed by atoms with E-state index in [4.69, 9.17) is 4.74 Å². The average molecular weight is 266 g/mol. The summed E-state index contributed by atoms with van der Waals surface area (Å²) in [5, 5.41) is 19.9. The van der Waals surface area contributed by atoms with E-state index in [0.717, 1.165) is 5.69 Å². The van der Waals surface area contributed by atoms with Crippen LogP contribution in [0.4, 0.5) is 11.4 Å². The molecular weight excluding hydrogens is 248 g/mol. The summed E-state index contributed by atoms with van der Waals surface area (Å²) >= 11 is 0. The number of morpholine rings is 1. The molecule has 1 fully saturated rings. The van der Waals surface area contributed by atoms with Gasteiger partial charge in [0.05, 0.1) is 23.2 Å². The summed E-state index contributed by atoms with van der Waals surface area (Å²) in [6.45, 7) is 5.16. The van der Waals surface area contributed by atoms with Crippen LogP contribution in [0.15, 0.2) is 24.3 Å². The van der Waals surface area contributed by atoms with Crippen molar-refractivity contribution in [3.05, 3.63) is 34.4 Å². The van der Waals surface area contributed by atoms with Crippen molar-refractivity contribution in [3.63, 3.8) is 0 Å². The Labute approximate surface area is 111 Å². The van der Waals surface area contributed by atoms with Crippen molar-refractivity contribution in [1.82, 2.24) is 0 Å². The highest BCUT2D eigenvalue weighted by Crippen LogP contribution is 2.27. The van der Waals surface area contributed by atoms with Crippen LogP contribution in [-0.4, -0.2) is 41.4 Å². The average Bonchev–Trinajstić information content (AvgIpc) is 2.37. The van der Waals surface area contributed by atoms with Gasteiger partial charge >= 0.3 is 0 Å². The van der Waals surface area contributed by atoms with E-state index in [9.17, 15) is 15.2 Å². The van der Waals surface area contributed by atoms with Crippen molar-refractivity contribution in [3.8, 4) is 0 Å². The van der Waals surface area contributed by atoms with E-state index < -0.39 is 4.92 Å². The second-order valence-electron chi connectivity index (χ2n) is 5.34. The number of anilines is 1. The maximum atomic E-state index is 10.6. The minimum atomic E-state index is -0.413. The summed E-state index contributed by atoms with van der Waals surface area (Å²) < 4.78 is 5.74. The van der Waals surface area contributed by atoms with Gasteiger partial charge in [-0.1, -0.05) is 0 Å². The van der Waals surface area contributed by atoms with Crippen LogP contribution in [0, 0.1) is 10.1 Å². The van der Waals surface area contributed by atoms with Gasteiger partial charge in [0.15, 0.2) is 0 Å². The molecule has 1 unspecified atom stereocenters. The lowest BCUT2D eigenvalue weighted by molar-refractivity contribution is -0.384. The van der Waals surface area contributed by atoms with Crippen molar-refractivity contribution in [1.29, 1.82) is 0 Å². The van der Waals surface area contributed by atoms with Gasteiger partial charge in [-0.3, -0.25) is 10.1 Å². The van der Waals surface area contributed by atoms with Crippen molar-refractivity contribution >= 4 is 11.4 Å². The van der Waals surface area contributed by atoms with Crippen LogP contribution >= 0.6 is 0 Å². The molecule has 0 bridgehead atoms. The minimum Gasteiger partial charge on any atom is -0.394 e. The van der Waals surface area contributed by atoms with Crippen LogP contribution in [0.25, 0.3) is 0 Å². The van der Waals surface area contributed by atoms with E-state index in [1.54, 1.807) is 12.1 Å². The number of nitro groups is 1. The second-order valence-corrected chi connectivity index (χ2v) is 5.34. The summed E-state index contributed by atoms with van der Waals surface area (Å²) in [5.74, 6) is 0. The van der Waals surface area contributed by atoms with Crippen LogP contribution in [-0.2, 0) is 4.74 Å². The zero-order valence-corrected chi connectivity index (χ0v) is 11.1. The number of non-ortho nitro benzene ring substituents is 1. The van der Waals surface area contributed by atoms with Gasteiger partial charge in [-0.15, -0.1) is 0 Å². The predicted octanol–water partition coefficient (Wildman–Crippen LogP) is 1.57. The summed E-state index contributed by atoms with van der Waals surface area (Å²) in [7, 11) is 0. The molecule has 2 rings (SSSR count). The Bertz CT molecular complexity index is 458. The standard InChI is InChI=1S/C13H18N2O4/c1-13(2)9-14(7-12(8-16)19-13)10-3-5-11(6-4-10)15(17)18/h3-6,12,16H,7-9H2,1-2H3. The van der Waals surface area contributed by atoms with Crippen molar-refractivity contribution in [2.24, 2.45) is 0 Å². The molecule has 0 saturated carbocycles. The number of nitrogens with zero attached hydrogens (tertiary/aromatic N) is 2. The van der Waals surface area contributed by atoms with Gasteiger partial charge < -0.3 is 14.7 Å². The second kappa shape index (κ2) is 5.14. The van der Waals surface area contributed by atoms with Crippen LogP contribution in [0.5, 0.6) is 0 Å². The SMILES string of the molecule is CC1(C)CN(c2ccc([N+](=O)[O-])cc2)CC(CO)O1. The fourth-order valence-electron chi connectivity index (χ4n) is 2.37. The van der Waals surface area contributed by atoms with Crippen LogP contribution in [0.1, 0.15) is 13.8 Å². The molecule has 0 amide bonds. The molecule has 6 nitrogen and oxygen atoms in total. The molecule has 1 N–H and O–H groups in total. The number of nitro benzene ring substituents is 1. The molecule has 0 spiro atoms. The third kappa shape index (κ3) is 3.21. The predicted molar refractivity (Wildman–Crippen MR) is 71.3 cm³/mol. The number of hydrogen-bond acceptors (Lipinski definition) is 5. The highest BCUT2D eigenvalue weighted by Gasteiger charge is 2.33. The molecule has 0 aliphatic carbocycles. The Morgan fingerprint density at radius 2 is 2.11 bits per heavy atom. The molecule has 0 aromatic heterocycles. The van der Waals surface area contributed by atoms with Gasteiger partial charge in [0, 0.05) is 30.9 Å². The Morgan fingerprint density at radius 1 is 1.47 bits per heavy atom. The summed E-state index contributed by atoms with van der Waals surface area (Å²) in [6.07, 6.45) is -0.237. The third-order valence-corrected chi connectivity index (χ3v) is 3.11. The lowest BCUT2D eigenvalue weighted by Crippen LogP contribution is -2.54. The van der Waals surface area contributed by atoms with Crippen LogP contribution in [0.2, 0.25) is 0 Å². The van der Waals surface area contributed by atoms with E-state index in [-0.39, 0.29) is 24.0 Å². The highest BCUT2D eigenvalue weighted by molar-refractivity contribution is 5.51. The maximum Gasteiger partial charge on any atom is 0.269 e. The Kier molecular flexibility index (Phi) is 3.73. The molecule has 1 atom stereocenters.